The number of carbonyl (C=O) groups is 1. The van der Waals surface area contributed by atoms with Gasteiger partial charge in [-0.1, -0.05) is 61.5 Å². The van der Waals surface area contributed by atoms with Gasteiger partial charge >= 0.3 is 0 Å². The van der Waals surface area contributed by atoms with E-state index in [0.717, 1.165) is 22.6 Å². The van der Waals surface area contributed by atoms with Crippen LogP contribution in [0.25, 0.3) is 5.65 Å². The van der Waals surface area contributed by atoms with E-state index in [2.05, 4.69) is 29.1 Å². The van der Waals surface area contributed by atoms with Gasteiger partial charge in [-0.2, -0.15) is 0 Å². The fourth-order valence-corrected chi connectivity index (χ4v) is 5.30. The minimum absolute atomic E-state index is 0.0727. The van der Waals surface area contributed by atoms with Crippen molar-refractivity contribution < 1.29 is 19.1 Å². The van der Waals surface area contributed by atoms with Crippen molar-refractivity contribution in [1.29, 1.82) is 0 Å². The van der Waals surface area contributed by atoms with Crippen LogP contribution in [0.15, 0.2) is 77.4 Å². The molecule has 9 heteroatoms. The molecule has 2 aromatic heterocycles. The highest BCUT2D eigenvalue weighted by Gasteiger charge is 2.44. The topological polar surface area (TPSA) is 100 Å². The van der Waals surface area contributed by atoms with Crippen molar-refractivity contribution in [3.8, 4) is 11.6 Å². The van der Waals surface area contributed by atoms with Crippen LogP contribution in [0.5, 0.6) is 11.6 Å². The molecule has 39 heavy (non-hydrogen) atoms. The molecular formula is C30H29N5O4. The van der Waals surface area contributed by atoms with E-state index >= 15 is 0 Å². The van der Waals surface area contributed by atoms with E-state index in [-0.39, 0.29) is 17.8 Å². The molecule has 198 valence electrons. The van der Waals surface area contributed by atoms with Crippen molar-refractivity contribution in [3.05, 3.63) is 94.8 Å². The highest BCUT2D eigenvalue weighted by atomic mass is 16.6. The number of benzene rings is 2. The van der Waals surface area contributed by atoms with Crippen molar-refractivity contribution in [1.82, 2.24) is 19.6 Å². The summed E-state index contributed by atoms with van der Waals surface area (Å²) in [7, 11) is 1.63. The monoisotopic (exact) mass is 523 g/mol. The molecule has 4 aromatic rings. The lowest BCUT2D eigenvalue weighted by Crippen LogP contribution is -2.33. The summed E-state index contributed by atoms with van der Waals surface area (Å²) in [6, 6.07) is 17.5. The van der Waals surface area contributed by atoms with E-state index in [1.165, 1.54) is 0 Å². The summed E-state index contributed by atoms with van der Waals surface area (Å²) in [4.78, 5) is 28.5. The maximum Gasteiger partial charge on any atom is 0.228 e. The summed E-state index contributed by atoms with van der Waals surface area (Å²) in [5.74, 6) is 1.97. The van der Waals surface area contributed by atoms with Gasteiger partial charge in [0.15, 0.2) is 23.9 Å². The van der Waals surface area contributed by atoms with Crippen LogP contribution >= 0.6 is 0 Å². The minimum atomic E-state index is -0.397. The number of hydrogen-bond donors (Lipinski definition) is 0. The first kappa shape index (κ1) is 24.8. The number of carbonyl (C=O) groups excluding carboxylic acids is 1. The number of aromatic nitrogens is 4. The molecule has 1 aliphatic carbocycles. The molecule has 2 aromatic carbocycles. The van der Waals surface area contributed by atoms with Gasteiger partial charge in [-0.15, -0.1) is 5.10 Å². The lowest BCUT2D eigenvalue weighted by Gasteiger charge is -2.37. The normalized spacial score (nSPS) is 18.4. The van der Waals surface area contributed by atoms with Crippen LogP contribution < -0.4 is 9.47 Å². The van der Waals surface area contributed by atoms with Crippen LogP contribution in [0, 0.1) is 5.41 Å². The summed E-state index contributed by atoms with van der Waals surface area (Å²) in [5, 5.41) is 8.79. The van der Waals surface area contributed by atoms with E-state index < -0.39 is 5.92 Å². The molecule has 0 fully saturated rings. The maximum atomic E-state index is 13.6. The van der Waals surface area contributed by atoms with Crippen molar-refractivity contribution >= 4 is 17.1 Å². The van der Waals surface area contributed by atoms with Gasteiger partial charge in [-0.05, 0) is 35.6 Å². The summed E-state index contributed by atoms with van der Waals surface area (Å²) in [5.41, 5.74) is 4.39. The van der Waals surface area contributed by atoms with Gasteiger partial charge < -0.3 is 14.3 Å². The number of methoxy groups -OCH3 is 1. The van der Waals surface area contributed by atoms with Gasteiger partial charge in [0.1, 0.15) is 17.8 Å². The van der Waals surface area contributed by atoms with Crippen molar-refractivity contribution in [2.24, 2.45) is 10.6 Å². The number of fused-ring (bicyclic) bond motifs is 3. The van der Waals surface area contributed by atoms with Crippen molar-refractivity contribution in [2.75, 3.05) is 7.11 Å². The molecule has 3 heterocycles. The van der Waals surface area contributed by atoms with Gasteiger partial charge in [-0.3, -0.25) is 4.79 Å². The maximum absolute atomic E-state index is 13.6. The number of ether oxygens (including phenoxy) is 2. The molecule has 0 N–H and O–H groups in total. The first-order valence-corrected chi connectivity index (χ1v) is 12.9. The van der Waals surface area contributed by atoms with Gasteiger partial charge in [0.25, 0.3) is 0 Å². The van der Waals surface area contributed by atoms with Crippen LogP contribution in [0.1, 0.15) is 62.0 Å². The zero-order valence-corrected chi connectivity index (χ0v) is 22.3. The molecule has 0 radical (unpaired) electrons. The Labute approximate surface area is 226 Å². The first-order chi connectivity index (χ1) is 18.8. The second kappa shape index (κ2) is 9.65. The number of hydrogen-bond acceptors (Lipinski definition) is 8. The summed E-state index contributed by atoms with van der Waals surface area (Å²) < 4.78 is 13.3. The number of Topliss-reactive ketones (excluding diaryl/α,β-unsaturated/α-hetero) is 1. The average Bonchev–Trinajstić information content (AvgIpc) is 3.35. The Morgan fingerprint density at radius 3 is 2.64 bits per heavy atom. The molecule has 6 rings (SSSR count). The van der Waals surface area contributed by atoms with E-state index in [9.17, 15) is 4.79 Å². The van der Waals surface area contributed by atoms with Gasteiger partial charge in [0.2, 0.25) is 5.88 Å². The Balaban J connectivity index is 1.40. The number of ketones is 1. The second-order valence-corrected chi connectivity index (χ2v) is 10.7. The first-order valence-electron chi connectivity index (χ1n) is 12.9. The van der Waals surface area contributed by atoms with Gasteiger partial charge in [-0.25, -0.2) is 14.5 Å². The van der Waals surface area contributed by atoms with E-state index in [1.807, 2.05) is 61.5 Å². The zero-order chi connectivity index (χ0) is 27.1. The van der Waals surface area contributed by atoms with E-state index in [4.69, 9.17) is 19.3 Å². The third kappa shape index (κ3) is 4.65. The smallest absolute Gasteiger partial charge is 0.228 e. The third-order valence-electron chi connectivity index (χ3n) is 7.14. The van der Waals surface area contributed by atoms with E-state index in [0.29, 0.717) is 47.1 Å². The summed E-state index contributed by atoms with van der Waals surface area (Å²) >= 11 is 0. The fraction of sp³-hybridized carbons (Fsp3) is 0.300. The van der Waals surface area contributed by atoms with Crippen LogP contribution in [-0.2, 0) is 16.2 Å². The second-order valence-electron chi connectivity index (χ2n) is 10.7. The fourth-order valence-electron chi connectivity index (χ4n) is 5.30. The average molecular weight is 524 g/mol. The minimum Gasteiger partial charge on any atom is -0.497 e. The van der Waals surface area contributed by atoms with Crippen molar-refractivity contribution in [2.45, 2.75) is 46.1 Å². The van der Waals surface area contributed by atoms with Crippen LogP contribution in [0.4, 0.5) is 0 Å². The van der Waals surface area contributed by atoms with Crippen molar-refractivity contribution in [3.63, 3.8) is 0 Å². The molecular weight excluding hydrogens is 494 g/mol. The quantitative estimate of drug-likeness (QED) is 0.252. The number of rotatable bonds is 6. The number of oxime groups is 1. The molecule has 1 atom stereocenters. The van der Waals surface area contributed by atoms with Gasteiger partial charge in [0, 0.05) is 24.3 Å². The molecule has 1 unspecified atom stereocenters. The Morgan fingerprint density at radius 2 is 1.90 bits per heavy atom. The summed E-state index contributed by atoms with van der Waals surface area (Å²) in [6.45, 7) is 6.13. The van der Waals surface area contributed by atoms with Crippen LogP contribution in [-0.4, -0.2) is 38.2 Å². The Morgan fingerprint density at radius 1 is 1.13 bits per heavy atom. The third-order valence-corrected chi connectivity index (χ3v) is 7.14. The molecule has 0 spiro atoms. The predicted octanol–water partition coefficient (Wildman–Crippen LogP) is 5.24. The molecule has 0 saturated heterocycles. The number of nitrogens with zero attached hydrogens (tertiary/aromatic N) is 5. The largest absolute Gasteiger partial charge is 0.497 e. The molecule has 1 aliphatic heterocycles. The molecule has 0 saturated carbocycles. The molecule has 0 amide bonds. The molecule has 2 aliphatic rings. The molecule has 0 bridgehead atoms. The number of allylic oxidation sites excluding steroid dienone is 2. The van der Waals surface area contributed by atoms with E-state index in [1.54, 1.807) is 18.0 Å². The Kier molecular flexibility index (Phi) is 6.13. The lowest BCUT2D eigenvalue weighted by molar-refractivity contribution is -0.118. The Hall–Kier alpha value is -4.53. The SMILES string of the molecule is COc1ccc(C2C3=C(CC(C)(C)CC3=O)Oc3ncn4nc(CO/N=C(\C)c5ccccc5)nc4c32)cc1. The zero-order valence-electron chi connectivity index (χ0n) is 22.3. The van der Waals surface area contributed by atoms with Crippen LogP contribution in [0.3, 0.4) is 0 Å². The van der Waals surface area contributed by atoms with Gasteiger partial charge in [0.05, 0.1) is 18.4 Å². The summed E-state index contributed by atoms with van der Waals surface area (Å²) in [6.07, 6.45) is 2.67. The standard InChI is InChI=1S/C30H29N5O4/c1-18(19-8-6-5-7-9-19)34-38-16-24-32-28-27-25(20-10-12-21(37-4)13-11-20)26-22(36)14-30(2,3)15-23(26)39-29(27)31-17-35(28)33-24/h5-13,17,25H,14-16H2,1-4H3/b34-18+. The molecule has 9 nitrogen and oxygen atoms in total. The highest BCUT2D eigenvalue weighted by molar-refractivity contribution is 6.00. The Bertz CT molecular complexity index is 1620. The predicted molar refractivity (Wildman–Crippen MR) is 145 cm³/mol. The lowest BCUT2D eigenvalue weighted by atomic mass is 9.70. The van der Waals surface area contributed by atoms with Crippen LogP contribution in [0.2, 0.25) is 0 Å². The highest BCUT2D eigenvalue weighted by Crippen LogP contribution is 2.50.